The van der Waals surface area contributed by atoms with Crippen molar-refractivity contribution in [1.29, 1.82) is 0 Å². The molecule has 0 radical (unpaired) electrons. The van der Waals surface area contributed by atoms with Crippen LogP contribution in [0.15, 0.2) is 48.5 Å². The molecule has 2 amide bonds. The van der Waals surface area contributed by atoms with E-state index in [0.29, 0.717) is 39.0 Å². The third-order valence-corrected chi connectivity index (χ3v) is 5.62. The molecule has 0 spiro atoms. The molecule has 2 aromatic rings. The first-order chi connectivity index (χ1) is 13.5. The number of hydrogen-bond donors (Lipinski definition) is 0. The summed E-state index contributed by atoms with van der Waals surface area (Å²) in [6, 6.07) is 16.8. The van der Waals surface area contributed by atoms with Crippen LogP contribution in [0.4, 0.5) is 0 Å². The van der Waals surface area contributed by atoms with Crippen LogP contribution in [-0.4, -0.2) is 47.8 Å². The van der Waals surface area contributed by atoms with Crippen molar-refractivity contribution in [3.8, 4) is 11.1 Å². The first-order valence-corrected chi connectivity index (χ1v) is 10.2. The summed E-state index contributed by atoms with van der Waals surface area (Å²) in [5.74, 6) is 0.0831. The highest BCUT2D eigenvalue weighted by molar-refractivity contribution is 5.82. The summed E-state index contributed by atoms with van der Waals surface area (Å²) in [7, 11) is 0. The predicted molar refractivity (Wildman–Crippen MR) is 113 cm³/mol. The highest BCUT2D eigenvalue weighted by Crippen LogP contribution is 2.27. The summed E-state index contributed by atoms with van der Waals surface area (Å²) < 4.78 is 0. The summed E-state index contributed by atoms with van der Waals surface area (Å²) in [4.78, 5) is 29.2. The molecule has 0 aliphatic carbocycles. The molecular weight excluding hydrogens is 348 g/mol. The molecule has 3 rings (SSSR count). The summed E-state index contributed by atoms with van der Waals surface area (Å²) in [5.41, 5.74) is 4.71. The van der Waals surface area contributed by atoms with Crippen molar-refractivity contribution in [1.82, 2.24) is 9.80 Å². The number of carbonyl (C=O) groups excluding carboxylic acids is 2. The Morgan fingerprint density at radius 1 is 1.04 bits per heavy atom. The van der Waals surface area contributed by atoms with Crippen LogP contribution < -0.4 is 0 Å². The van der Waals surface area contributed by atoms with Gasteiger partial charge >= 0.3 is 0 Å². The molecule has 0 N–H and O–H groups in total. The number of aryl methyl sites for hydroxylation is 1. The Bertz CT molecular complexity index is 829. The van der Waals surface area contributed by atoms with Crippen molar-refractivity contribution < 1.29 is 9.59 Å². The molecule has 1 aliphatic rings. The zero-order valence-corrected chi connectivity index (χ0v) is 17.1. The van der Waals surface area contributed by atoms with Crippen LogP contribution in [0.25, 0.3) is 11.1 Å². The average Bonchev–Trinajstić information content (AvgIpc) is 2.87. The molecule has 2 aromatic carbocycles. The van der Waals surface area contributed by atoms with E-state index in [1.165, 1.54) is 5.56 Å². The van der Waals surface area contributed by atoms with E-state index in [9.17, 15) is 9.59 Å². The van der Waals surface area contributed by atoms with Crippen LogP contribution in [0.3, 0.4) is 0 Å². The van der Waals surface area contributed by atoms with E-state index in [0.717, 1.165) is 16.7 Å². The highest BCUT2D eigenvalue weighted by Gasteiger charge is 2.31. The molecule has 1 heterocycles. The second-order valence-electron chi connectivity index (χ2n) is 7.54. The van der Waals surface area contributed by atoms with E-state index in [-0.39, 0.29) is 17.7 Å². The zero-order valence-electron chi connectivity index (χ0n) is 17.1. The van der Waals surface area contributed by atoms with Gasteiger partial charge in [0.1, 0.15) is 0 Å². The van der Waals surface area contributed by atoms with Gasteiger partial charge in [-0.15, -0.1) is 0 Å². The number of nitrogens with zero attached hydrogens (tertiary/aromatic N) is 2. The predicted octanol–water partition coefficient (Wildman–Crippen LogP) is 3.92. The summed E-state index contributed by atoms with van der Waals surface area (Å²) >= 11 is 0. The first kappa shape index (κ1) is 20.1. The van der Waals surface area contributed by atoms with Gasteiger partial charge in [0.05, 0.1) is 5.92 Å². The third-order valence-electron chi connectivity index (χ3n) is 5.62. The largest absolute Gasteiger partial charge is 0.341 e. The SMILES string of the molecule is CCC(=O)N1CCN(CC)C(=O)[C@@H](Cc2ccccc2-c2ccc(C)cc2)C1. The van der Waals surface area contributed by atoms with Crippen molar-refractivity contribution >= 4 is 11.8 Å². The van der Waals surface area contributed by atoms with Gasteiger partial charge in [-0.25, -0.2) is 0 Å². The molecule has 1 fully saturated rings. The third kappa shape index (κ3) is 4.44. The molecular formula is C24H30N2O2. The van der Waals surface area contributed by atoms with E-state index in [1.807, 2.05) is 35.8 Å². The van der Waals surface area contributed by atoms with Crippen molar-refractivity contribution in [2.75, 3.05) is 26.2 Å². The maximum atomic E-state index is 13.1. The smallest absolute Gasteiger partial charge is 0.227 e. The molecule has 0 saturated carbocycles. The number of rotatable bonds is 5. The van der Waals surface area contributed by atoms with Gasteiger partial charge in [0.2, 0.25) is 11.8 Å². The maximum Gasteiger partial charge on any atom is 0.227 e. The second kappa shape index (κ2) is 9.05. The van der Waals surface area contributed by atoms with Crippen LogP contribution in [0, 0.1) is 12.8 Å². The van der Waals surface area contributed by atoms with Gasteiger partial charge in [0.15, 0.2) is 0 Å². The first-order valence-electron chi connectivity index (χ1n) is 10.2. The van der Waals surface area contributed by atoms with E-state index in [2.05, 4.69) is 43.3 Å². The molecule has 28 heavy (non-hydrogen) atoms. The van der Waals surface area contributed by atoms with Gasteiger partial charge in [-0.05, 0) is 37.0 Å². The lowest BCUT2D eigenvalue weighted by Gasteiger charge is -2.24. The maximum absolute atomic E-state index is 13.1. The molecule has 0 aromatic heterocycles. The minimum Gasteiger partial charge on any atom is -0.341 e. The molecule has 0 unspecified atom stereocenters. The Labute approximate surface area is 168 Å². The monoisotopic (exact) mass is 378 g/mol. The van der Waals surface area contributed by atoms with Crippen molar-refractivity contribution in [2.45, 2.75) is 33.6 Å². The summed E-state index contributed by atoms with van der Waals surface area (Å²) in [6.45, 7) is 8.41. The van der Waals surface area contributed by atoms with Crippen molar-refractivity contribution in [3.63, 3.8) is 0 Å². The van der Waals surface area contributed by atoms with Crippen LogP contribution in [0.1, 0.15) is 31.4 Å². The average molecular weight is 379 g/mol. The summed E-state index contributed by atoms with van der Waals surface area (Å²) in [6.07, 6.45) is 1.12. The van der Waals surface area contributed by atoms with Crippen molar-refractivity contribution in [2.24, 2.45) is 5.92 Å². The van der Waals surface area contributed by atoms with E-state index in [4.69, 9.17) is 0 Å². The van der Waals surface area contributed by atoms with Crippen molar-refractivity contribution in [3.05, 3.63) is 59.7 Å². The van der Waals surface area contributed by atoms with Gasteiger partial charge in [0, 0.05) is 32.6 Å². The number of amides is 2. The fourth-order valence-corrected chi connectivity index (χ4v) is 3.94. The van der Waals surface area contributed by atoms with E-state index < -0.39 is 0 Å². The van der Waals surface area contributed by atoms with Crippen LogP contribution >= 0.6 is 0 Å². The van der Waals surface area contributed by atoms with Gasteiger partial charge in [0.25, 0.3) is 0 Å². The Balaban J connectivity index is 1.91. The normalized spacial score (nSPS) is 17.5. The second-order valence-corrected chi connectivity index (χ2v) is 7.54. The van der Waals surface area contributed by atoms with Gasteiger partial charge < -0.3 is 9.80 Å². The quantitative estimate of drug-likeness (QED) is 0.791. The fraction of sp³-hybridized carbons (Fsp3) is 0.417. The number of likely N-dealkylation sites (N-methyl/N-ethyl adjacent to an activating group) is 1. The Morgan fingerprint density at radius 2 is 1.75 bits per heavy atom. The van der Waals surface area contributed by atoms with Gasteiger partial charge in [-0.1, -0.05) is 61.0 Å². The van der Waals surface area contributed by atoms with Gasteiger partial charge in [-0.2, -0.15) is 0 Å². The fourth-order valence-electron chi connectivity index (χ4n) is 3.94. The summed E-state index contributed by atoms with van der Waals surface area (Å²) in [5, 5.41) is 0. The van der Waals surface area contributed by atoms with E-state index in [1.54, 1.807) is 0 Å². The Kier molecular flexibility index (Phi) is 6.50. The Morgan fingerprint density at radius 3 is 2.43 bits per heavy atom. The standard InChI is InChI=1S/C24H30N2O2/c1-4-23(27)26-15-14-25(5-2)24(28)21(17-26)16-20-8-6-7-9-22(20)19-12-10-18(3)11-13-19/h6-13,21H,4-5,14-17H2,1-3H3/t21-/m0/s1. The molecule has 4 heteroatoms. The highest BCUT2D eigenvalue weighted by atomic mass is 16.2. The molecule has 1 aliphatic heterocycles. The minimum absolute atomic E-state index is 0.127. The number of hydrogen-bond acceptors (Lipinski definition) is 2. The van der Waals surface area contributed by atoms with Gasteiger partial charge in [-0.3, -0.25) is 9.59 Å². The van der Waals surface area contributed by atoms with Crippen LogP contribution in [-0.2, 0) is 16.0 Å². The molecule has 4 nitrogen and oxygen atoms in total. The molecule has 1 saturated heterocycles. The lowest BCUT2D eigenvalue weighted by Crippen LogP contribution is -2.37. The lowest BCUT2D eigenvalue weighted by molar-refractivity contribution is -0.134. The molecule has 1 atom stereocenters. The van der Waals surface area contributed by atoms with E-state index >= 15 is 0 Å². The molecule has 148 valence electrons. The number of benzene rings is 2. The topological polar surface area (TPSA) is 40.6 Å². The zero-order chi connectivity index (χ0) is 20.1. The van der Waals surface area contributed by atoms with Crippen LogP contribution in [0.2, 0.25) is 0 Å². The minimum atomic E-state index is -0.204. The molecule has 0 bridgehead atoms. The Hall–Kier alpha value is -2.62. The van der Waals surface area contributed by atoms with Crippen LogP contribution in [0.5, 0.6) is 0 Å². The lowest BCUT2D eigenvalue weighted by atomic mass is 9.91. The number of carbonyl (C=O) groups is 2.